The van der Waals surface area contributed by atoms with Crippen molar-refractivity contribution < 1.29 is 17.4 Å². The Morgan fingerprint density at radius 3 is 2.22 bits per heavy atom. The molecule has 0 aliphatic carbocycles. The third-order valence-corrected chi connectivity index (χ3v) is 6.15. The second kappa shape index (κ2) is 9.53. The zero-order chi connectivity index (χ0) is 20.0. The van der Waals surface area contributed by atoms with Crippen LogP contribution >= 0.6 is 27.5 Å². The molecule has 4 nitrogen and oxygen atoms in total. The van der Waals surface area contributed by atoms with Crippen molar-refractivity contribution in [3.8, 4) is 0 Å². The summed E-state index contributed by atoms with van der Waals surface area (Å²) in [6, 6.07) is 12.7. The smallest absolute Gasteiger partial charge is 0.338 e. The molecular formula is C20H20BrClO4S. The number of allylic oxidation sites excluding steroid dienone is 2. The second-order valence-electron chi connectivity index (χ2n) is 6.03. The van der Waals surface area contributed by atoms with E-state index >= 15 is 0 Å². The Morgan fingerprint density at radius 1 is 1.07 bits per heavy atom. The van der Waals surface area contributed by atoms with Gasteiger partial charge in [-0.15, -0.1) is 0 Å². The minimum absolute atomic E-state index is 0.0429. The van der Waals surface area contributed by atoms with Gasteiger partial charge in [-0.05, 0) is 65.7 Å². The molecule has 0 aliphatic rings. The Kier molecular flexibility index (Phi) is 7.65. The van der Waals surface area contributed by atoms with E-state index in [-0.39, 0.29) is 20.9 Å². The summed E-state index contributed by atoms with van der Waals surface area (Å²) in [5, 5.41) is 0.510. The van der Waals surface area contributed by atoms with Gasteiger partial charge in [0.05, 0.1) is 0 Å². The monoisotopic (exact) mass is 470 g/mol. The van der Waals surface area contributed by atoms with Crippen molar-refractivity contribution in [2.45, 2.75) is 38.0 Å². The van der Waals surface area contributed by atoms with E-state index < -0.39 is 10.1 Å². The van der Waals surface area contributed by atoms with Crippen LogP contribution in [0.4, 0.5) is 0 Å². The molecule has 0 radical (unpaired) electrons. The molecule has 27 heavy (non-hydrogen) atoms. The van der Waals surface area contributed by atoms with E-state index in [1.807, 2.05) is 13.8 Å². The highest BCUT2D eigenvalue weighted by Crippen LogP contribution is 2.27. The number of carbonyl (C=O) groups is 1. The molecule has 0 unspecified atom stereocenters. The standard InChI is InChI=1S/C20H20BrClO4S/c1-3-4-5-18(19(21)20(23)15-8-10-16(22)11-9-15)26-27(24,25)17-12-6-14(2)7-13-17/h6-13H,3-5H2,1-2H3/b19-18+. The number of aryl methyl sites for hydroxylation is 1. The third-order valence-electron chi connectivity index (χ3n) is 3.83. The van der Waals surface area contributed by atoms with E-state index in [2.05, 4.69) is 15.9 Å². The highest BCUT2D eigenvalue weighted by atomic mass is 79.9. The van der Waals surface area contributed by atoms with Gasteiger partial charge in [0.15, 0.2) is 0 Å². The number of carbonyl (C=O) groups excluding carboxylic acids is 1. The first kappa shape index (κ1) is 21.7. The zero-order valence-corrected chi connectivity index (χ0v) is 18.2. The minimum Gasteiger partial charge on any atom is -0.382 e. The average Bonchev–Trinajstić information content (AvgIpc) is 2.65. The van der Waals surface area contributed by atoms with Crippen molar-refractivity contribution in [3.63, 3.8) is 0 Å². The molecule has 7 heteroatoms. The molecule has 0 spiro atoms. The largest absolute Gasteiger partial charge is 0.382 e. The van der Waals surface area contributed by atoms with Crippen LogP contribution in [0.15, 0.2) is 63.7 Å². The molecule has 0 N–H and O–H groups in total. The van der Waals surface area contributed by atoms with Crippen LogP contribution in [0.2, 0.25) is 5.02 Å². The van der Waals surface area contributed by atoms with Crippen LogP contribution in [0.1, 0.15) is 42.1 Å². The molecular weight excluding hydrogens is 452 g/mol. The van der Waals surface area contributed by atoms with Gasteiger partial charge < -0.3 is 4.18 Å². The molecule has 0 aliphatic heterocycles. The summed E-state index contributed by atoms with van der Waals surface area (Å²) in [6.45, 7) is 3.84. The summed E-state index contributed by atoms with van der Waals surface area (Å²) in [5.41, 5.74) is 1.33. The van der Waals surface area contributed by atoms with Gasteiger partial charge >= 0.3 is 10.1 Å². The molecule has 0 saturated carbocycles. The van der Waals surface area contributed by atoms with E-state index in [1.54, 1.807) is 36.4 Å². The molecule has 0 saturated heterocycles. The molecule has 2 aromatic carbocycles. The van der Waals surface area contributed by atoms with Gasteiger partial charge in [-0.1, -0.05) is 42.6 Å². The van der Waals surface area contributed by atoms with Gasteiger partial charge in [0.1, 0.15) is 15.1 Å². The van der Waals surface area contributed by atoms with E-state index in [4.69, 9.17) is 15.8 Å². The summed E-state index contributed by atoms with van der Waals surface area (Å²) >= 11 is 9.09. The number of Topliss-reactive ketones (excluding diaryl/α,β-unsaturated/α-hetero) is 1. The van der Waals surface area contributed by atoms with Crippen molar-refractivity contribution >= 4 is 43.4 Å². The number of halogens is 2. The van der Waals surface area contributed by atoms with Crippen LogP contribution in [0.5, 0.6) is 0 Å². The Morgan fingerprint density at radius 2 is 1.67 bits per heavy atom. The molecule has 0 amide bonds. The Hall–Kier alpha value is -1.63. The maximum Gasteiger partial charge on any atom is 0.338 e. The molecule has 0 aromatic heterocycles. The van der Waals surface area contributed by atoms with Gasteiger partial charge in [0, 0.05) is 17.0 Å². The number of hydrogen-bond donors (Lipinski definition) is 0. The first-order valence-electron chi connectivity index (χ1n) is 8.44. The summed E-state index contributed by atoms with van der Waals surface area (Å²) < 4.78 is 30.7. The Bertz CT molecular complexity index is 933. The molecule has 0 fully saturated rings. The summed E-state index contributed by atoms with van der Waals surface area (Å²) in [5.74, 6) is -0.269. The fourth-order valence-corrected chi connectivity index (χ4v) is 4.00. The molecule has 0 heterocycles. The molecule has 0 atom stereocenters. The SMILES string of the molecule is CCCC/C(OS(=O)(=O)c1ccc(C)cc1)=C(\Br)C(=O)c1ccc(Cl)cc1. The van der Waals surface area contributed by atoms with Crippen molar-refractivity contribution in [1.82, 2.24) is 0 Å². The fraction of sp³-hybridized carbons (Fsp3) is 0.250. The van der Waals surface area contributed by atoms with Crippen LogP contribution in [-0.4, -0.2) is 14.2 Å². The summed E-state index contributed by atoms with van der Waals surface area (Å²) in [7, 11) is -4.04. The lowest BCUT2D eigenvalue weighted by Gasteiger charge is -2.13. The fourth-order valence-electron chi connectivity index (χ4n) is 2.27. The first-order chi connectivity index (χ1) is 12.7. The van der Waals surface area contributed by atoms with E-state index in [9.17, 15) is 13.2 Å². The van der Waals surface area contributed by atoms with Crippen molar-refractivity contribution in [2.75, 3.05) is 0 Å². The Balaban J connectivity index is 2.37. The van der Waals surface area contributed by atoms with Crippen LogP contribution < -0.4 is 0 Å². The number of unbranched alkanes of at least 4 members (excludes halogenated alkanes) is 1. The maximum atomic E-state index is 12.7. The van der Waals surface area contributed by atoms with Gasteiger partial charge in [0.25, 0.3) is 0 Å². The normalized spacial score (nSPS) is 12.4. The lowest BCUT2D eigenvalue weighted by atomic mass is 10.1. The molecule has 0 bridgehead atoms. The number of benzene rings is 2. The van der Waals surface area contributed by atoms with Crippen LogP contribution in [-0.2, 0) is 14.3 Å². The van der Waals surface area contributed by atoms with Crippen molar-refractivity contribution in [1.29, 1.82) is 0 Å². The molecule has 2 aromatic rings. The van der Waals surface area contributed by atoms with E-state index in [0.717, 1.165) is 12.0 Å². The number of rotatable bonds is 8. The first-order valence-corrected chi connectivity index (χ1v) is 11.0. The van der Waals surface area contributed by atoms with Gasteiger partial charge in [-0.3, -0.25) is 4.79 Å². The third kappa shape index (κ3) is 5.92. The van der Waals surface area contributed by atoms with Crippen molar-refractivity contribution in [2.24, 2.45) is 0 Å². The molecule has 2 rings (SSSR count). The van der Waals surface area contributed by atoms with E-state index in [1.165, 1.54) is 12.1 Å². The van der Waals surface area contributed by atoms with Gasteiger partial charge in [-0.2, -0.15) is 8.42 Å². The van der Waals surface area contributed by atoms with Gasteiger partial charge in [0.2, 0.25) is 5.78 Å². The highest BCUT2D eigenvalue weighted by molar-refractivity contribution is 9.12. The van der Waals surface area contributed by atoms with Crippen LogP contribution in [0.25, 0.3) is 0 Å². The number of hydrogen-bond acceptors (Lipinski definition) is 4. The van der Waals surface area contributed by atoms with Crippen LogP contribution in [0, 0.1) is 6.92 Å². The van der Waals surface area contributed by atoms with Crippen molar-refractivity contribution in [3.05, 3.63) is 74.9 Å². The quantitative estimate of drug-likeness (QED) is 0.204. The maximum absolute atomic E-state index is 12.7. The average molecular weight is 472 g/mol. The van der Waals surface area contributed by atoms with E-state index in [0.29, 0.717) is 23.4 Å². The highest BCUT2D eigenvalue weighted by Gasteiger charge is 2.23. The topological polar surface area (TPSA) is 60.4 Å². The number of ketones is 1. The lowest BCUT2D eigenvalue weighted by Crippen LogP contribution is -2.10. The minimum atomic E-state index is -4.04. The lowest BCUT2D eigenvalue weighted by molar-refractivity contribution is 0.104. The predicted molar refractivity (Wildman–Crippen MR) is 111 cm³/mol. The Labute approximate surface area is 173 Å². The zero-order valence-electron chi connectivity index (χ0n) is 15.0. The van der Waals surface area contributed by atoms with Crippen LogP contribution in [0.3, 0.4) is 0 Å². The van der Waals surface area contributed by atoms with Gasteiger partial charge in [-0.25, -0.2) is 0 Å². The second-order valence-corrected chi connectivity index (χ2v) is 8.80. The summed E-state index contributed by atoms with van der Waals surface area (Å²) in [6.07, 6.45) is 1.83. The predicted octanol–water partition coefficient (Wildman–Crippen LogP) is 6.03. The summed E-state index contributed by atoms with van der Waals surface area (Å²) in [4.78, 5) is 12.7. The molecule has 144 valence electrons.